The number of hydrogen-bond donors (Lipinski definition) is 3. The first-order chi connectivity index (χ1) is 18.3. The van der Waals surface area contributed by atoms with E-state index in [2.05, 4.69) is 37.9 Å². The van der Waals surface area contributed by atoms with Crippen molar-refractivity contribution < 1.29 is 47.0 Å². The number of thiol groups is 3. The number of carbonyl (C=O) groups excluding carboxylic acids is 4. The van der Waals surface area contributed by atoms with E-state index in [1.165, 1.54) is 0 Å². The molecule has 0 aromatic carbocycles. The number of esters is 4. The monoisotopic (exact) mass is 588 g/mol. The van der Waals surface area contributed by atoms with Crippen molar-refractivity contribution in [2.24, 2.45) is 0 Å². The quantitative estimate of drug-likeness (QED) is 0.138. The van der Waals surface area contributed by atoms with Crippen LogP contribution in [0.5, 0.6) is 0 Å². The first-order valence-electron chi connectivity index (χ1n) is 12.0. The maximum absolute atomic E-state index is 12.0. The average Bonchev–Trinajstić information content (AvgIpc) is 3.48. The van der Waals surface area contributed by atoms with Crippen LogP contribution in [0.15, 0.2) is 21.0 Å². The standard InChI is InChI=1S/C25H32O10S3/c1-2-3-22(26)30-12-16-10-18(20(34-16)14-32-24(28)5-8-37)19-11-17(13-31-23(27)4-7-36)35-21(19)15-33-25(29)6-9-38/h10-11,36-38H,2-9,12-15H2,1H3. The fourth-order valence-corrected chi connectivity index (χ4v) is 3.69. The summed E-state index contributed by atoms with van der Waals surface area (Å²) >= 11 is 12.1. The van der Waals surface area contributed by atoms with E-state index in [1.54, 1.807) is 12.1 Å². The van der Waals surface area contributed by atoms with Gasteiger partial charge in [-0.25, -0.2) is 0 Å². The number of furan rings is 2. The molecule has 0 fully saturated rings. The highest BCUT2D eigenvalue weighted by atomic mass is 32.1. The van der Waals surface area contributed by atoms with Crippen LogP contribution >= 0.6 is 37.9 Å². The Morgan fingerprint density at radius 2 is 0.947 bits per heavy atom. The van der Waals surface area contributed by atoms with E-state index in [9.17, 15) is 19.2 Å². The normalized spacial score (nSPS) is 10.7. The predicted octanol–water partition coefficient (Wildman–Crippen LogP) is 4.47. The van der Waals surface area contributed by atoms with Crippen molar-refractivity contribution in [3.8, 4) is 11.1 Å². The van der Waals surface area contributed by atoms with Crippen molar-refractivity contribution in [2.75, 3.05) is 17.3 Å². The molecule has 10 nitrogen and oxygen atoms in total. The summed E-state index contributed by atoms with van der Waals surface area (Å²) in [5.41, 5.74) is 0.946. The molecule has 13 heteroatoms. The summed E-state index contributed by atoms with van der Waals surface area (Å²) in [7, 11) is 0. The molecule has 0 aliphatic carbocycles. The molecule has 0 saturated carbocycles. The lowest BCUT2D eigenvalue weighted by molar-refractivity contribution is -0.146. The molecule has 0 atom stereocenters. The molecule has 0 aliphatic heterocycles. The summed E-state index contributed by atoms with van der Waals surface area (Å²) in [4.78, 5) is 47.5. The van der Waals surface area contributed by atoms with Crippen LogP contribution in [0.1, 0.15) is 62.1 Å². The van der Waals surface area contributed by atoms with Gasteiger partial charge in [-0.3, -0.25) is 19.2 Å². The van der Waals surface area contributed by atoms with Gasteiger partial charge in [0.05, 0.1) is 19.3 Å². The summed E-state index contributed by atoms with van der Waals surface area (Å²) in [6, 6.07) is 3.24. The third kappa shape index (κ3) is 10.7. The zero-order valence-corrected chi connectivity index (χ0v) is 23.7. The second-order valence-corrected chi connectivity index (χ2v) is 9.25. The minimum atomic E-state index is -0.472. The molecule has 0 bridgehead atoms. The Labute approximate surface area is 237 Å². The van der Waals surface area contributed by atoms with Crippen molar-refractivity contribution >= 4 is 61.8 Å². The molecule has 38 heavy (non-hydrogen) atoms. The van der Waals surface area contributed by atoms with Crippen LogP contribution in [0.2, 0.25) is 0 Å². The zero-order valence-electron chi connectivity index (χ0n) is 21.1. The third-order valence-corrected chi connectivity index (χ3v) is 5.56. The van der Waals surface area contributed by atoms with Gasteiger partial charge >= 0.3 is 23.9 Å². The SMILES string of the molecule is CCCC(=O)OCc1cc(-c2cc(COC(=O)CCS)oc2COC(=O)CCS)c(COC(=O)CCS)o1. The summed E-state index contributed by atoms with van der Waals surface area (Å²) in [6.07, 6.45) is 1.26. The van der Waals surface area contributed by atoms with Gasteiger partial charge in [-0.2, -0.15) is 37.9 Å². The molecule has 0 unspecified atom stereocenters. The summed E-state index contributed by atoms with van der Waals surface area (Å²) in [6.45, 7) is 1.16. The largest absolute Gasteiger partial charge is 0.458 e. The molecule has 2 heterocycles. The fourth-order valence-electron chi connectivity index (χ4n) is 3.14. The summed E-state index contributed by atoms with van der Waals surface area (Å²) < 4.78 is 32.8. The maximum atomic E-state index is 12.0. The molecule has 0 radical (unpaired) electrons. The molecular weight excluding hydrogens is 556 g/mol. The first kappa shape index (κ1) is 31.7. The van der Waals surface area contributed by atoms with Crippen molar-refractivity contribution in [1.82, 2.24) is 0 Å². The first-order valence-corrected chi connectivity index (χ1v) is 13.9. The molecule has 2 aromatic rings. The predicted molar refractivity (Wildman–Crippen MR) is 146 cm³/mol. The lowest BCUT2D eigenvalue weighted by Gasteiger charge is -2.06. The van der Waals surface area contributed by atoms with Crippen LogP contribution in [0, 0.1) is 0 Å². The van der Waals surface area contributed by atoms with Gasteiger partial charge in [0.2, 0.25) is 0 Å². The van der Waals surface area contributed by atoms with Gasteiger partial charge in [0, 0.05) is 34.8 Å². The Balaban J connectivity index is 2.38. The molecule has 210 valence electrons. The molecule has 2 rings (SSSR count). The van der Waals surface area contributed by atoms with Gasteiger partial charge in [-0.1, -0.05) is 6.92 Å². The van der Waals surface area contributed by atoms with Crippen molar-refractivity contribution in [1.29, 1.82) is 0 Å². The number of carbonyl (C=O) groups is 4. The van der Waals surface area contributed by atoms with E-state index in [0.29, 0.717) is 46.3 Å². The van der Waals surface area contributed by atoms with Crippen molar-refractivity contribution in [2.45, 2.75) is 65.5 Å². The lowest BCUT2D eigenvalue weighted by Crippen LogP contribution is -2.06. The fraction of sp³-hybridized carbons (Fsp3) is 0.520. The zero-order chi connectivity index (χ0) is 27.9. The molecule has 2 aromatic heterocycles. The Bertz CT molecular complexity index is 991. The summed E-state index contributed by atoms with van der Waals surface area (Å²) in [5.74, 6) is 0.342. The molecular formula is C25H32O10S3. The van der Waals surface area contributed by atoms with Gasteiger partial charge in [-0.15, -0.1) is 0 Å². The summed E-state index contributed by atoms with van der Waals surface area (Å²) in [5, 5.41) is 0. The van der Waals surface area contributed by atoms with E-state index < -0.39 is 17.9 Å². The topological polar surface area (TPSA) is 131 Å². The van der Waals surface area contributed by atoms with Gasteiger partial charge in [-0.05, 0) is 18.6 Å². The minimum Gasteiger partial charge on any atom is -0.458 e. The van der Waals surface area contributed by atoms with Gasteiger partial charge < -0.3 is 27.8 Å². The van der Waals surface area contributed by atoms with Gasteiger partial charge in [0.15, 0.2) is 0 Å². The van der Waals surface area contributed by atoms with Crippen LogP contribution in [0.3, 0.4) is 0 Å². The van der Waals surface area contributed by atoms with Crippen LogP contribution in [0.25, 0.3) is 11.1 Å². The van der Waals surface area contributed by atoms with Crippen LogP contribution < -0.4 is 0 Å². The van der Waals surface area contributed by atoms with E-state index in [1.807, 2.05) is 6.92 Å². The number of ether oxygens (including phenoxy) is 4. The van der Waals surface area contributed by atoms with E-state index in [0.717, 1.165) is 0 Å². The molecule has 0 spiro atoms. The smallest absolute Gasteiger partial charge is 0.307 e. The van der Waals surface area contributed by atoms with Crippen LogP contribution in [-0.2, 0) is 64.6 Å². The highest BCUT2D eigenvalue weighted by Gasteiger charge is 2.23. The van der Waals surface area contributed by atoms with Crippen molar-refractivity contribution in [3.05, 3.63) is 35.2 Å². The van der Waals surface area contributed by atoms with E-state index in [4.69, 9.17) is 27.8 Å². The second kappa shape index (κ2) is 17.2. The Hall–Kier alpha value is -2.51. The third-order valence-electron chi connectivity index (χ3n) is 4.89. The molecule has 0 N–H and O–H groups in total. The van der Waals surface area contributed by atoms with E-state index in [-0.39, 0.29) is 69.6 Å². The van der Waals surface area contributed by atoms with Crippen molar-refractivity contribution in [3.63, 3.8) is 0 Å². The number of rotatable bonds is 17. The van der Waals surface area contributed by atoms with Gasteiger partial charge in [0.1, 0.15) is 49.5 Å². The number of hydrogen-bond acceptors (Lipinski definition) is 13. The average molecular weight is 589 g/mol. The Kier molecular flexibility index (Phi) is 14.3. The minimum absolute atomic E-state index is 0.110. The highest BCUT2D eigenvalue weighted by molar-refractivity contribution is 7.80. The molecule has 0 aliphatic rings. The lowest BCUT2D eigenvalue weighted by atomic mass is 10.1. The second-order valence-electron chi connectivity index (χ2n) is 7.91. The van der Waals surface area contributed by atoms with Crippen LogP contribution in [0.4, 0.5) is 0 Å². The molecule has 0 amide bonds. The Morgan fingerprint density at radius 3 is 1.29 bits per heavy atom. The van der Waals surface area contributed by atoms with Crippen LogP contribution in [-0.4, -0.2) is 41.1 Å². The van der Waals surface area contributed by atoms with E-state index >= 15 is 0 Å². The maximum Gasteiger partial charge on any atom is 0.307 e. The van der Waals surface area contributed by atoms with Gasteiger partial charge in [0.25, 0.3) is 0 Å². The highest BCUT2D eigenvalue weighted by Crippen LogP contribution is 2.34. The molecule has 0 saturated heterocycles. The Morgan fingerprint density at radius 1 is 0.605 bits per heavy atom.